The van der Waals surface area contributed by atoms with E-state index in [1.54, 1.807) is 19.9 Å². The van der Waals surface area contributed by atoms with Crippen LogP contribution in [0.4, 0.5) is 5.69 Å². The molecule has 0 saturated carbocycles. The molecule has 0 heterocycles. The van der Waals surface area contributed by atoms with Gasteiger partial charge >= 0.3 is 0 Å². The number of hydrogen-bond acceptors (Lipinski definition) is 4. The van der Waals surface area contributed by atoms with Crippen molar-refractivity contribution in [1.29, 1.82) is 0 Å². The fraction of sp³-hybridized carbons (Fsp3) is 0.400. The molecule has 0 aromatic heterocycles. The van der Waals surface area contributed by atoms with Crippen molar-refractivity contribution in [1.82, 2.24) is 0 Å². The monoisotopic (exact) mass is 236 g/mol. The zero-order valence-corrected chi connectivity index (χ0v) is 9.58. The average Bonchev–Trinajstić information content (AvgIpc) is 2.28. The van der Waals surface area contributed by atoms with E-state index >= 15 is 0 Å². The number of nitrogens with zero attached hydrogens (tertiary/aromatic N) is 4. The fourth-order valence-electron chi connectivity index (χ4n) is 1.37. The van der Waals surface area contributed by atoms with Crippen LogP contribution in [0, 0.1) is 24.0 Å². The van der Waals surface area contributed by atoms with Gasteiger partial charge in [-0.1, -0.05) is 5.11 Å². The lowest BCUT2D eigenvalue weighted by Crippen LogP contribution is -2.03. The van der Waals surface area contributed by atoms with E-state index in [4.69, 9.17) is 10.3 Å². The van der Waals surface area contributed by atoms with Crippen LogP contribution in [-0.2, 0) is 0 Å². The van der Waals surface area contributed by atoms with Gasteiger partial charge in [-0.05, 0) is 31.0 Å². The van der Waals surface area contributed by atoms with Crippen LogP contribution in [0.2, 0.25) is 0 Å². The topological polar surface area (TPSA) is 101 Å². The molecule has 0 fully saturated rings. The highest BCUT2D eigenvalue weighted by atomic mass is 16.6. The second-order valence-corrected chi connectivity index (χ2v) is 3.46. The van der Waals surface area contributed by atoms with E-state index in [-0.39, 0.29) is 18.8 Å². The van der Waals surface area contributed by atoms with Crippen molar-refractivity contribution in [2.75, 3.05) is 13.2 Å². The molecule has 0 aliphatic heterocycles. The minimum Gasteiger partial charge on any atom is -0.493 e. The molecule has 0 spiro atoms. The molecule has 0 saturated heterocycles. The maximum Gasteiger partial charge on any atom is 0.272 e. The van der Waals surface area contributed by atoms with Gasteiger partial charge in [-0.2, -0.15) is 0 Å². The Morgan fingerprint density at radius 2 is 2.18 bits per heavy atom. The van der Waals surface area contributed by atoms with Gasteiger partial charge in [-0.25, -0.2) is 0 Å². The second-order valence-electron chi connectivity index (χ2n) is 3.46. The number of hydrogen-bond donors (Lipinski definition) is 0. The number of ether oxygens (including phenoxy) is 1. The molecule has 0 aliphatic carbocycles. The van der Waals surface area contributed by atoms with Crippen molar-refractivity contribution in [2.45, 2.75) is 13.8 Å². The molecule has 0 radical (unpaired) electrons. The fourth-order valence-corrected chi connectivity index (χ4v) is 1.37. The molecule has 0 amide bonds. The molecule has 7 nitrogen and oxygen atoms in total. The Morgan fingerprint density at radius 1 is 1.47 bits per heavy atom. The van der Waals surface area contributed by atoms with Gasteiger partial charge < -0.3 is 4.74 Å². The summed E-state index contributed by atoms with van der Waals surface area (Å²) >= 11 is 0. The van der Waals surface area contributed by atoms with Gasteiger partial charge in [0.15, 0.2) is 0 Å². The van der Waals surface area contributed by atoms with Crippen LogP contribution >= 0.6 is 0 Å². The van der Waals surface area contributed by atoms with Crippen molar-refractivity contribution in [3.63, 3.8) is 0 Å². The van der Waals surface area contributed by atoms with Crippen LogP contribution < -0.4 is 4.74 Å². The molecule has 7 heteroatoms. The summed E-state index contributed by atoms with van der Waals surface area (Å²) < 4.78 is 5.37. The van der Waals surface area contributed by atoms with Gasteiger partial charge in [0.1, 0.15) is 5.75 Å². The van der Waals surface area contributed by atoms with Crippen LogP contribution in [0.15, 0.2) is 17.2 Å². The summed E-state index contributed by atoms with van der Waals surface area (Å²) in [6, 6.07) is 3.09. The molecule has 0 N–H and O–H groups in total. The number of benzene rings is 1. The molecule has 1 aromatic carbocycles. The summed E-state index contributed by atoms with van der Waals surface area (Å²) in [7, 11) is 0. The average molecular weight is 236 g/mol. The molecule has 90 valence electrons. The van der Waals surface area contributed by atoms with Gasteiger partial charge in [0.2, 0.25) is 0 Å². The van der Waals surface area contributed by atoms with Crippen molar-refractivity contribution in [3.05, 3.63) is 43.8 Å². The quantitative estimate of drug-likeness (QED) is 0.196. The first-order valence-electron chi connectivity index (χ1n) is 4.95. The third-order valence-corrected chi connectivity index (χ3v) is 2.20. The summed E-state index contributed by atoms with van der Waals surface area (Å²) in [5.74, 6) is 0.571. The summed E-state index contributed by atoms with van der Waals surface area (Å²) in [4.78, 5) is 12.9. The molecular formula is C10H12N4O3. The smallest absolute Gasteiger partial charge is 0.272 e. The SMILES string of the molecule is Cc1cc([N+](=O)[O-])c(C)cc1OCCN=[N+]=[N-]. The largest absolute Gasteiger partial charge is 0.493 e. The number of nitro benzene ring substituents is 1. The lowest BCUT2D eigenvalue weighted by molar-refractivity contribution is -0.385. The highest BCUT2D eigenvalue weighted by molar-refractivity contribution is 5.49. The van der Waals surface area contributed by atoms with E-state index in [9.17, 15) is 10.1 Å². The number of nitro groups is 1. The maximum atomic E-state index is 10.7. The lowest BCUT2D eigenvalue weighted by Gasteiger charge is -2.09. The van der Waals surface area contributed by atoms with Crippen LogP contribution in [-0.4, -0.2) is 18.1 Å². The van der Waals surface area contributed by atoms with Crippen molar-refractivity contribution in [3.8, 4) is 5.75 Å². The van der Waals surface area contributed by atoms with Gasteiger partial charge in [0.05, 0.1) is 18.1 Å². The molecule has 0 bridgehead atoms. The van der Waals surface area contributed by atoms with Crippen molar-refractivity contribution >= 4 is 5.69 Å². The van der Waals surface area contributed by atoms with E-state index in [0.717, 1.165) is 0 Å². The maximum absolute atomic E-state index is 10.7. The zero-order chi connectivity index (χ0) is 12.8. The van der Waals surface area contributed by atoms with Crippen molar-refractivity contribution in [2.24, 2.45) is 5.11 Å². The van der Waals surface area contributed by atoms with E-state index in [2.05, 4.69) is 10.0 Å². The predicted octanol–water partition coefficient (Wildman–Crippen LogP) is 2.90. The Morgan fingerprint density at radius 3 is 2.76 bits per heavy atom. The highest BCUT2D eigenvalue weighted by Crippen LogP contribution is 2.27. The molecule has 1 rings (SSSR count). The number of rotatable bonds is 5. The Bertz CT molecular complexity index is 481. The van der Waals surface area contributed by atoms with Gasteiger partial charge in [0.25, 0.3) is 5.69 Å². The molecule has 0 atom stereocenters. The Hall–Kier alpha value is -2.27. The Labute approximate surface area is 97.8 Å². The number of aryl methyl sites for hydroxylation is 2. The molecule has 0 unspecified atom stereocenters. The van der Waals surface area contributed by atoms with Crippen LogP contribution in [0.25, 0.3) is 10.4 Å². The Balaban J connectivity index is 2.84. The minimum atomic E-state index is -0.425. The number of azide groups is 1. The van der Waals surface area contributed by atoms with Crippen LogP contribution in [0.3, 0.4) is 0 Å². The van der Waals surface area contributed by atoms with Crippen LogP contribution in [0.1, 0.15) is 11.1 Å². The Kier molecular flexibility index (Phi) is 4.30. The first-order valence-corrected chi connectivity index (χ1v) is 4.95. The lowest BCUT2D eigenvalue weighted by atomic mass is 10.1. The van der Waals surface area contributed by atoms with Crippen molar-refractivity contribution < 1.29 is 9.66 Å². The third kappa shape index (κ3) is 3.35. The summed E-state index contributed by atoms with van der Waals surface area (Å²) in [5, 5.41) is 14.0. The van der Waals surface area contributed by atoms with E-state index in [0.29, 0.717) is 16.9 Å². The van der Waals surface area contributed by atoms with Gasteiger partial charge in [0, 0.05) is 16.5 Å². The third-order valence-electron chi connectivity index (χ3n) is 2.20. The van der Waals surface area contributed by atoms with Gasteiger partial charge in [-0.15, -0.1) is 0 Å². The summed E-state index contributed by atoms with van der Waals surface area (Å²) in [6.07, 6.45) is 0. The summed E-state index contributed by atoms with van der Waals surface area (Å²) in [5.41, 5.74) is 9.39. The predicted molar refractivity (Wildman–Crippen MR) is 62.1 cm³/mol. The first kappa shape index (κ1) is 12.8. The van der Waals surface area contributed by atoms with Crippen LogP contribution in [0.5, 0.6) is 5.75 Å². The highest BCUT2D eigenvalue weighted by Gasteiger charge is 2.13. The standard InChI is InChI=1S/C10H12N4O3/c1-7-6-10(17-4-3-12-13-11)8(2)5-9(7)14(15)16/h5-6H,3-4H2,1-2H3. The van der Waals surface area contributed by atoms with E-state index < -0.39 is 4.92 Å². The second kappa shape index (κ2) is 5.72. The van der Waals surface area contributed by atoms with E-state index in [1.165, 1.54) is 6.07 Å². The zero-order valence-electron chi connectivity index (χ0n) is 9.58. The minimum absolute atomic E-state index is 0.0740. The van der Waals surface area contributed by atoms with Gasteiger partial charge in [-0.3, -0.25) is 10.1 Å². The summed E-state index contributed by atoms with van der Waals surface area (Å²) in [6.45, 7) is 3.86. The first-order chi connectivity index (χ1) is 8.06. The molecule has 17 heavy (non-hydrogen) atoms. The van der Waals surface area contributed by atoms with E-state index in [1.807, 2.05) is 0 Å². The molecule has 0 aliphatic rings. The molecule has 1 aromatic rings. The molecular weight excluding hydrogens is 224 g/mol. The normalized spacial score (nSPS) is 9.53.